The molecule has 2 aromatic heterocycles. The second-order valence-corrected chi connectivity index (χ2v) is 5.32. The number of aryl methyl sites for hydroxylation is 1. The molecule has 0 fully saturated rings. The number of aromatic nitrogens is 4. The minimum absolute atomic E-state index is 0.875. The molecule has 0 aliphatic heterocycles. The highest BCUT2D eigenvalue weighted by Crippen LogP contribution is 2.22. The number of thiazole rings is 1. The van der Waals surface area contributed by atoms with Crippen LogP contribution in [0.25, 0.3) is 0 Å². The van der Waals surface area contributed by atoms with Gasteiger partial charge in [0, 0.05) is 18.1 Å². The molecular weight excluding hydrogens is 240 g/mol. The summed E-state index contributed by atoms with van der Waals surface area (Å²) >= 11 is 3.38. The first kappa shape index (κ1) is 11.6. The van der Waals surface area contributed by atoms with E-state index in [1.165, 1.54) is 0 Å². The van der Waals surface area contributed by atoms with E-state index in [0.29, 0.717) is 0 Å². The van der Waals surface area contributed by atoms with Crippen LogP contribution in [-0.2, 0) is 12.3 Å². The van der Waals surface area contributed by atoms with E-state index in [1.807, 2.05) is 18.5 Å². The van der Waals surface area contributed by atoms with Crippen LogP contribution in [-0.4, -0.2) is 19.7 Å². The van der Waals surface area contributed by atoms with Crippen molar-refractivity contribution in [2.45, 2.75) is 37.7 Å². The van der Waals surface area contributed by atoms with Crippen LogP contribution in [0.5, 0.6) is 0 Å². The molecule has 0 atom stereocenters. The number of nitrogens with zero attached hydrogens (tertiary/aromatic N) is 4. The maximum atomic E-state index is 4.25. The Balaban J connectivity index is 2.03. The maximum absolute atomic E-state index is 4.25. The summed E-state index contributed by atoms with van der Waals surface area (Å²) in [5, 5.41) is 12.4. The van der Waals surface area contributed by atoms with Crippen LogP contribution in [0.15, 0.2) is 16.7 Å². The van der Waals surface area contributed by atoms with Gasteiger partial charge in [-0.2, -0.15) is 0 Å². The first-order valence-electron chi connectivity index (χ1n) is 5.22. The molecule has 0 bridgehead atoms. The lowest BCUT2D eigenvalue weighted by atomic mass is 10.5. The molecule has 0 aromatic carbocycles. The minimum Gasteiger partial charge on any atom is -0.306 e. The molecule has 0 radical (unpaired) electrons. The minimum atomic E-state index is 0.875. The SMILES string of the molecule is CCCn1c(C)nnc1SCc1nccs1. The van der Waals surface area contributed by atoms with Gasteiger partial charge in [0.2, 0.25) is 0 Å². The summed E-state index contributed by atoms with van der Waals surface area (Å²) in [5.74, 6) is 1.86. The number of thioether (sulfide) groups is 1. The summed E-state index contributed by atoms with van der Waals surface area (Å²) < 4.78 is 2.16. The molecule has 2 rings (SSSR count). The Morgan fingerprint density at radius 1 is 1.44 bits per heavy atom. The van der Waals surface area contributed by atoms with Crippen molar-refractivity contribution in [2.75, 3.05) is 0 Å². The fraction of sp³-hybridized carbons (Fsp3) is 0.500. The molecule has 86 valence electrons. The lowest BCUT2D eigenvalue weighted by Gasteiger charge is -2.05. The monoisotopic (exact) mass is 254 g/mol. The van der Waals surface area contributed by atoms with Crippen LogP contribution >= 0.6 is 23.1 Å². The van der Waals surface area contributed by atoms with E-state index in [-0.39, 0.29) is 0 Å². The number of hydrogen-bond acceptors (Lipinski definition) is 5. The molecule has 0 amide bonds. The molecule has 4 nitrogen and oxygen atoms in total. The zero-order valence-electron chi connectivity index (χ0n) is 9.38. The largest absolute Gasteiger partial charge is 0.306 e. The molecule has 6 heteroatoms. The summed E-state index contributed by atoms with van der Waals surface area (Å²) in [5.41, 5.74) is 0. The van der Waals surface area contributed by atoms with Gasteiger partial charge >= 0.3 is 0 Å². The first-order chi connectivity index (χ1) is 7.81. The van der Waals surface area contributed by atoms with Gasteiger partial charge in [0.15, 0.2) is 5.16 Å². The standard InChI is InChI=1S/C10H14N4S2/c1-3-5-14-8(2)12-13-10(14)16-7-9-11-4-6-15-9/h4,6H,3,5,7H2,1-2H3. The van der Waals surface area contributed by atoms with Crippen molar-refractivity contribution < 1.29 is 0 Å². The zero-order chi connectivity index (χ0) is 11.4. The highest BCUT2D eigenvalue weighted by atomic mass is 32.2. The molecule has 0 aliphatic carbocycles. The molecule has 0 aliphatic rings. The first-order valence-corrected chi connectivity index (χ1v) is 7.08. The highest BCUT2D eigenvalue weighted by Gasteiger charge is 2.09. The van der Waals surface area contributed by atoms with Crippen LogP contribution in [0.1, 0.15) is 24.2 Å². The van der Waals surface area contributed by atoms with Gasteiger partial charge in [0.1, 0.15) is 10.8 Å². The van der Waals surface area contributed by atoms with E-state index < -0.39 is 0 Å². The quantitative estimate of drug-likeness (QED) is 0.770. The second kappa shape index (κ2) is 5.45. The van der Waals surface area contributed by atoms with E-state index in [1.54, 1.807) is 23.1 Å². The Labute approximate surface area is 103 Å². The maximum Gasteiger partial charge on any atom is 0.191 e. The molecule has 0 saturated carbocycles. The smallest absolute Gasteiger partial charge is 0.191 e. The lowest BCUT2D eigenvalue weighted by molar-refractivity contribution is 0.605. The van der Waals surface area contributed by atoms with Crippen LogP contribution in [0.2, 0.25) is 0 Å². The van der Waals surface area contributed by atoms with Gasteiger partial charge in [-0.1, -0.05) is 18.7 Å². The fourth-order valence-electron chi connectivity index (χ4n) is 1.40. The Bertz CT molecular complexity index is 436. The van der Waals surface area contributed by atoms with Gasteiger partial charge < -0.3 is 4.57 Å². The number of hydrogen-bond donors (Lipinski definition) is 0. The zero-order valence-corrected chi connectivity index (χ0v) is 11.0. The lowest BCUT2D eigenvalue weighted by Crippen LogP contribution is -2.01. The summed E-state index contributed by atoms with van der Waals surface area (Å²) in [7, 11) is 0. The van der Waals surface area contributed by atoms with Gasteiger partial charge in [0.05, 0.1) is 5.75 Å². The Morgan fingerprint density at radius 3 is 3.00 bits per heavy atom. The molecule has 2 heterocycles. The molecule has 0 unspecified atom stereocenters. The Hall–Kier alpha value is -0.880. The Kier molecular flexibility index (Phi) is 3.95. The van der Waals surface area contributed by atoms with Gasteiger partial charge in [-0.15, -0.1) is 21.5 Å². The molecule has 2 aromatic rings. The Morgan fingerprint density at radius 2 is 2.31 bits per heavy atom. The van der Waals surface area contributed by atoms with Crippen LogP contribution in [0, 0.1) is 6.92 Å². The van der Waals surface area contributed by atoms with Crippen molar-refractivity contribution in [1.82, 2.24) is 19.7 Å². The van der Waals surface area contributed by atoms with Crippen molar-refractivity contribution in [1.29, 1.82) is 0 Å². The van der Waals surface area contributed by atoms with Crippen molar-refractivity contribution in [3.8, 4) is 0 Å². The van der Waals surface area contributed by atoms with E-state index in [2.05, 4.69) is 26.7 Å². The second-order valence-electron chi connectivity index (χ2n) is 3.40. The normalized spacial score (nSPS) is 10.9. The van der Waals surface area contributed by atoms with Gasteiger partial charge in [-0.25, -0.2) is 4.98 Å². The highest BCUT2D eigenvalue weighted by molar-refractivity contribution is 7.98. The average Bonchev–Trinajstić information content (AvgIpc) is 2.89. The van der Waals surface area contributed by atoms with E-state index >= 15 is 0 Å². The summed E-state index contributed by atoms with van der Waals surface area (Å²) in [6.45, 7) is 5.14. The summed E-state index contributed by atoms with van der Waals surface area (Å²) in [6, 6.07) is 0. The predicted molar refractivity (Wildman–Crippen MR) is 66.7 cm³/mol. The molecular formula is C10H14N4S2. The van der Waals surface area contributed by atoms with E-state index in [9.17, 15) is 0 Å². The van der Waals surface area contributed by atoms with Crippen LogP contribution in [0.3, 0.4) is 0 Å². The van der Waals surface area contributed by atoms with Crippen molar-refractivity contribution >= 4 is 23.1 Å². The van der Waals surface area contributed by atoms with Gasteiger partial charge in [0.25, 0.3) is 0 Å². The molecule has 0 spiro atoms. The van der Waals surface area contributed by atoms with Crippen molar-refractivity contribution in [2.24, 2.45) is 0 Å². The third-order valence-corrected chi connectivity index (χ3v) is 4.10. The van der Waals surface area contributed by atoms with E-state index in [0.717, 1.165) is 34.7 Å². The fourth-order valence-corrected chi connectivity index (χ4v) is 3.05. The summed E-state index contributed by atoms with van der Waals surface area (Å²) in [4.78, 5) is 4.25. The third kappa shape index (κ3) is 2.62. The molecule has 16 heavy (non-hydrogen) atoms. The third-order valence-electron chi connectivity index (χ3n) is 2.16. The van der Waals surface area contributed by atoms with Crippen molar-refractivity contribution in [3.63, 3.8) is 0 Å². The van der Waals surface area contributed by atoms with Gasteiger partial charge in [-0.3, -0.25) is 0 Å². The predicted octanol–water partition coefficient (Wildman–Crippen LogP) is 2.75. The molecule has 0 N–H and O–H groups in total. The molecule has 0 saturated heterocycles. The summed E-state index contributed by atoms with van der Waals surface area (Å²) in [6.07, 6.45) is 2.94. The average molecular weight is 254 g/mol. The number of rotatable bonds is 5. The van der Waals surface area contributed by atoms with Crippen molar-refractivity contribution in [3.05, 3.63) is 22.4 Å². The van der Waals surface area contributed by atoms with E-state index in [4.69, 9.17) is 0 Å². The van der Waals surface area contributed by atoms with Crippen LogP contribution in [0.4, 0.5) is 0 Å². The van der Waals surface area contributed by atoms with Gasteiger partial charge in [-0.05, 0) is 13.3 Å². The van der Waals surface area contributed by atoms with Crippen LogP contribution < -0.4 is 0 Å². The topological polar surface area (TPSA) is 43.6 Å².